The van der Waals surface area contributed by atoms with Crippen molar-refractivity contribution in [3.8, 4) is 6.07 Å². The highest BCUT2D eigenvalue weighted by molar-refractivity contribution is 5.96. The SMILES string of the molecule is C=CC1CC(=O)N(c2ccccc2CC#N)C1. The number of carbonyl (C=O) groups is 1. The lowest BCUT2D eigenvalue weighted by Gasteiger charge is -2.19. The Labute approximate surface area is 101 Å². The molecule has 0 radical (unpaired) electrons. The molecule has 1 aliphatic rings. The van der Waals surface area contributed by atoms with Crippen molar-refractivity contribution in [1.29, 1.82) is 5.26 Å². The zero-order chi connectivity index (χ0) is 12.3. The van der Waals surface area contributed by atoms with Gasteiger partial charge in [0, 0.05) is 24.6 Å². The fourth-order valence-corrected chi connectivity index (χ4v) is 2.13. The predicted molar refractivity (Wildman–Crippen MR) is 66.4 cm³/mol. The van der Waals surface area contributed by atoms with Gasteiger partial charge in [0.25, 0.3) is 0 Å². The number of nitrogens with zero attached hydrogens (tertiary/aromatic N) is 2. The van der Waals surface area contributed by atoms with Gasteiger partial charge in [-0.3, -0.25) is 4.79 Å². The molecule has 17 heavy (non-hydrogen) atoms. The summed E-state index contributed by atoms with van der Waals surface area (Å²) < 4.78 is 0. The van der Waals surface area contributed by atoms with Crippen LogP contribution in [0.2, 0.25) is 0 Å². The standard InChI is InChI=1S/C14H14N2O/c1-2-11-9-14(17)16(10-11)13-6-4-3-5-12(13)7-8-15/h2-6,11H,1,7,9-10H2. The topological polar surface area (TPSA) is 44.1 Å². The van der Waals surface area contributed by atoms with Crippen LogP contribution >= 0.6 is 0 Å². The van der Waals surface area contributed by atoms with Crippen LogP contribution in [0.4, 0.5) is 5.69 Å². The molecule has 1 aromatic carbocycles. The summed E-state index contributed by atoms with van der Waals surface area (Å²) in [7, 11) is 0. The summed E-state index contributed by atoms with van der Waals surface area (Å²) in [6, 6.07) is 9.71. The van der Waals surface area contributed by atoms with Crippen LogP contribution < -0.4 is 4.90 Å². The van der Waals surface area contributed by atoms with E-state index in [-0.39, 0.29) is 11.8 Å². The van der Waals surface area contributed by atoms with E-state index in [1.807, 2.05) is 30.3 Å². The molecule has 1 aliphatic heterocycles. The lowest BCUT2D eigenvalue weighted by atomic mass is 10.1. The summed E-state index contributed by atoms with van der Waals surface area (Å²) in [5, 5.41) is 8.78. The molecule has 0 saturated carbocycles. The third-order valence-electron chi connectivity index (χ3n) is 3.04. The average Bonchev–Trinajstić information content (AvgIpc) is 2.72. The summed E-state index contributed by atoms with van der Waals surface area (Å²) in [6.45, 7) is 4.40. The number of benzene rings is 1. The van der Waals surface area contributed by atoms with Crippen molar-refractivity contribution in [3.05, 3.63) is 42.5 Å². The maximum atomic E-state index is 11.9. The van der Waals surface area contributed by atoms with Crippen LogP contribution in [0, 0.1) is 17.2 Å². The first-order valence-electron chi connectivity index (χ1n) is 5.64. The van der Waals surface area contributed by atoms with Crippen LogP contribution in [0.3, 0.4) is 0 Å². The number of carbonyl (C=O) groups excluding carboxylic acids is 1. The molecular weight excluding hydrogens is 212 g/mol. The van der Waals surface area contributed by atoms with Gasteiger partial charge in [-0.2, -0.15) is 5.26 Å². The van der Waals surface area contributed by atoms with Gasteiger partial charge >= 0.3 is 0 Å². The number of hydrogen-bond acceptors (Lipinski definition) is 2. The van der Waals surface area contributed by atoms with Gasteiger partial charge in [0.15, 0.2) is 0 Å². The summed E-state index contributed by atoms with van der Waals surface area (Å²) in [5.41, 5.74) is 1.77. The second-order valence-electron chi connectivity index (χ2n) is 4.17. The molecule has 0 spiro atoms. The van der Waals surface area contributed by atoms with Crippen molar-refractivity contribution < 1.29 is 4.79 Å². The third kappa shape index (κ3) is 2.21. The van der Waals surface area contributed by atoms with Crippen LogP contribution in [0.15, 0.2) is 36.9 Å². The van der Waals surface area contributed by atoms with E-state index in [0.29, 0.717) is 19.4 Å². The van der Waals surface area contributed by atoms with E-state index >= 15 is 0 Å². The van der Waals surface area contributed by atoms with E-state index < -0.39 is 0 Å². The minimum atomic E-state index is 0.111. The molecule has 3 heteroatoms. The smallest absolute Gasteiger partial charge is 0.227 e. The van der Waals surface area contributed by atoms with Crippen molar-refractivity contribution in [2.24, 2.45) is 5.92 Å². The molecule has 2 rings (SSSR count). The molecule has 86 valence electrons. The highest BCUT2D eigenvalue weighted by Crippen LogP contribution is 2.28. The minimum absolute atomic E-state index is 0.111. The van der Waals surface area contributed by atoms with E-state index in [2.05, 4.69) is 12.6 Å². The molecule has 1 atom stereocenters. The van der Waals surface area contributed by atoms with Gasteiger partial charge in [-0.25, -0.2) is 0 Å². The fourth-order valence-electron chi connectivity index (χ4n) is 2.13. The van der Waals surface area contributed by atoms with Crippen LogP contribution in [-0.4, -0.2) is 12.5 Å². The second kappa shape index (κ2) is 4.84. The van der Waals surface area contributed by atoms with Gasteiger partial charge in [0.1, 0.15) is 0 Å². The Morgan fingerprint density at radius 1 is 1.53 bits per heavy atom. The van der Waals surface area contributed by atoms with Crippen molar-refractivity contribution in [2.75, 3.05) is 11.4 Å². The molecule has 1 fully saturated rings. The zero-order valence-electron chi connectivity index (χ0n) is 9.60. The van der Waals surface area contributed by atoms with Gasteiger partial charge in [0.2, 0.25) is 5.91 Å². The van der Waals surface area contributed by atoms with Gasteiger partial charge in [-0.15, -0.1) is 6.58 Å². The van der Waals surface area contributed by atoms with E-state index in [1.165, 1.54) is 0 Å². The second-order valence-corrected chi connectivity index (χ2v) is 4.17. The summed E-state index contributed by atoms with van der Waals surface area (Å²) in [5.74, 6) is 0.331. The average molecular weight is 226 g/mol. The third-order valence-corrected chi connectivity index (χ3v) is 3.04. The summed E-state index contributed by atoms with van der Waals surface area (Å²) in [6.07, 6.45) is 2.67. The first-order valence-corrected chi connectivity index (χ1v) is 5.64. The lowest BCUT2D eigenvalue weighted by Crippen LogP contribution is -2.25. The molecule has 1 amide bonds. The molecule has 1 saturated heterocycles. The summed E-state index contributed by atoms with van der Waals surface area (Å²) in [4.78, 5) is 13.7. The van der Waals surface area contributed by atoms with Gasteiger partial charge < -0.3 is 4.90 Å². The van der Waals surface area contributed by atoms with Crippen molar-refractivity contribution in [2.45, 2.75) is 12.8 Å². The molecule has 1 aromatic rings. The first kappa shape index (κ1) is 11.4. The molecule has 0 N–H and O–H groups in total. The molecule has 0 aliphatic carbocycles. The largest absolute Gasteiger partial charge is 0.311 e. The number of hydrogen-bond donors (Lipinski definition) is 0. The Bertz CT molecular complexity index is 487. The van der Waals surface area contributed by atoms with Crippen LogP contribution in [0.5, 0.6) is 0 Å². The Balaban J connectivity index is 2.31. The molecule has 0 bridgehead atoms. The zero-order valence-corrected chi connectivity index (χ0v) is 9.60. The molecular formula is C14H14N2O. The number of amides is 1. The molecule has 3 nitrogen and oxygen atoms in total. The van der Waals surface area contributed by atoms with Crippen molar-refractivity contribution >= 4 is 11.6 Å². The van der Waals surface area contributed by atoms with E-state index in [1.54, 1.807) is 4.90 Å². The normalized spacial score (nSPS) is 19.1. The Morgan fingerprint density at radius 2 is 2.29 bits per heavy atom. The van der Waals surface area contributed by atoms with Crippen LogP contribution in [0.25, 0.3) is 0 Å². The predicted octanol–water partition coefficient (Wildman–Crippen LogP) is 2.29. The first-order chi connectivity index (χ1) is 8.26. The molecule has 1 heterocycles. The maximum absolute atomic E-state index is 11.9. The number of rotatable bonds is 3. The monoisotopic (exact) mass is 226 g/mol. The Kier molecular flexibility index (Phi) is 3.24. The van der Waals surface area contributed by atoms with Gasteiger partial charge in [0.05, 0.1) is 12.5 Å². The number of para-hydroxylation sites is 1. The van der Waals surface area contributed by atoms with Crippen molar-refractivity contribution in [1.82, 2.24) is 0 Å². The molecule has 1 unspecified atom stereocenters. The highest BCUT2D eigenvalue weighted by atomic mass is 16.2. The van der Waals surface area contributed by atoms with Gasteiger partial charge in [-0.05, 0) is 11.6 Å². The minimum Gasteiger partial charge on any atom is -0.311 e. The summed E-state index contributed by atoms with van der Waals surface area (Å²) >= 11 is 0. The van der Waals surface area contributed by atoms with Gasteiger partial charge in [-0.1, -0.05) is 24.3 Å². The maximum Gasteiger partial charge on any atom is 0.227 e. The Morgan fingerprint density at radius 3 is 2.94 bits per heavy atom. The van der Waals surface area contributed by atoms with E-state index in [0.717, 1.165) is 11.3 Å². The fraction of sp³-hybridized carbons (Fsp3) is 0.286. The number of anilines is 1. The molecule has 0 aromatic heterocycles. The Hall–Kier alpha value is -2.08. The van der Waals surface area contributed by atoms with Crippen LogP contribution in [0.1, 0.15) is 12.0 Å². The number of nitriles is 1. The van der Waals surface area contributed by atoms with E-state index in [9.17, 15) is 4.79 Å². The lowest BCUT2D eigenvalue weighted by molar-refractivity contribution is -0.117. The van der Waals surface area contributed by atoms with Crippen LogP contribution in [-0.2, 0) is 11.2 Å². The van der Waals surface area contributed by atoms with Crippen molar-refractivity contribution in [3.63, 3.8) is 0 Å². The quantitative estimate of drug-likeness (QED) is 0.742. The highest BCUT2D eigenvalue weighted by Gasteiger charge is 2.29. The van der Waals surface area contributed by atoms with E-state index in [4.69, 9.17) is 5.26 Å².